The van der Waals surface area contributed by atoms with Crippen LogP contribution in [0.3, 0.4) is 0 Å². The normalized spacial score (nSPS) is 10.0. The first-order valence-electron chi connectivity index (χ1n) is 10.8. The van der Waals surface area contributed by atoms with Gasteiger partial charge in [0, 0.05) is 0 Å². The molecule has 0 aliphatic rings. The number of allylic oxidation sites excluding steroid dienone is 3. The third-order valence-corrected chi connectivity index (χ3v) is 3.93. The molecule has 192 valence electrons. The third-order valence-electron chi connectivity index (χ3n) is 3.93. The molecule has 0 aliphatic heterocycles. The van der Waals surface area contributed by atoms with Crippen LogP contribution in [-0.2, 0) is 30.3 Å². The summed E-state index contributed by atoms with van der Waals surface area (Å²) in [5.74, 6) is 0.233. The van der Waals surface area contributed by atoms with Crippen molar-refractivity contribution in [3.8, 4) is 0 Å². The molecule has 0 aromatic heterocycles. The van der Waals surface area contributed by atoms with Gasteiger partial charge in [0.15, 0.2) is 17.3 Å². The van der Waals surface area contributed by atoms with Gasteiger partial charge in [-0.3, -0.25) is 14.4 Å². The van der Waals surface area contributed by atoms with Crippen LogP contribution in [0.5, 0.6) is 0 Å². The zero-order valence-corrected chi connectivity index (χ0v) is 23.5. The van der Waals surface area contributed by atoms with Gasteiger partial charge in [-0.2, -0.15) is 0 Å². The molecule has 0 aliphatic carbocycles. The minimum atomic E-state index is -0.106. The van der Waals surface area contributed by atoms with Crippen molar-refractivity contribution in [3.63, 3.8) is 0 Å². The Bertz CT molecular complexity index is 953. The molecule has 0 bridgehead atoms. The third kappa shape index (κ3) is 21.7. The summed E-state index contributed by atoms with van der Waals surface area (Å²) in [6.07, 6.45) is 10.1. The molecule has 0 radical (unpaired) electrons. The fraction of sp³-hybridized carbons (Fsp3) is 0.100. The van der Waals surface area contributed by atoms with Gasteiger partial charge in [0.1, 0.15) is 0 Å². The summed E-state index contributed by atoms with van der Waals surface area (Å²) >= 11 is -0.106. The van der Waals surface area contributed by atoms with Crippen LogP contribution in [0.1, 0.15) is 37.5 Å². The average molecular weight is 616 g/mol. The second kappa shape index (κ2) is 22.6. The van der Waals surface area contributed by atoms with E-state index in [0.29, 0.717) is 0 Å². The number of rotatable bonds is 6. The van der Waals surface area contributed by atoms with E-state index >= 15 is 0 Å². The number of hydrogen-bond acceptors (Lipinski definition) is 3. The summed E-state index contributed by atoms with van der Waals surface area (Å²) in [5, 5.41) is 0. The molecule has 0 heterocycles. The van der Waals surface area contributed by atoms with Crippen molar-refractivity contribution in [2.45, 2.75) is 20.8 Å². The molecular formula is C30H30Cl2O3Pd. The number of hydrogen-bond donors (Lipinski definition) is 0. The van der Waals surface area contributed by atoms with Gasteiger partial charge in [-0.25, -0.2) is 0 Å². The summed E-state index contributed by atoms with van der Waals surface area (Å²) in [6, 6.07) is 29.3. The Labute approximate surface area is 230 Å². The summed E-state index contributed by atoms with van der Waals surface area (Å²) in [7, 11) is 9.63. The summed E-state index contributed by atoms with van der Waals surface area (Å²) < 4.78 is 0. The molecule has 0 N–H and O–H groups in total. The Morgan fingerprint density at radius 3 is 0.861 bits per heavy atom. The van der Waals surface area contributed by atoms with Crippen LogP contribution < -0.4 is 0 Å². The Morgan fingerprint density at radius 1 is 0.500 bits per heavy atom. The van der Waals surface area contributed by atoms with E-state index in [1.54, 1.807) is 39.0 Å². The van der Waals surface area contributed by atoms with Gasteiger partial charge < -0.3 is 0 Å². The Morgan fingerprint density at radius 2 is 0.694 bits per heavy atom. The number of benzene rings is 3. The zero-order valence-electron chi connectivity index (χ0n) is 20.4. The van der Waals surface area contributed by atoms with Gasteiger partial charge in [0.05, 0.1) is 0 Å². The van der Waals surface area contributed by atoms with Gasteiger partial charge in [0.2, 0.25) is 0 Å². The second-order valence-corrected chi connectivity index (χ2v) is 9.47. The molecule has 0 fully saturated rings. The van der Waals surface area contributed by atoms with Gasteiger partial charge in [0.25, 0.3) is 0 Å². The standard InChI is InChI=1S/3C10H10O.2ClH.Pd/c3*1-9(11)7-8-10-5-3-2-4-6-10;;;/h3*2-8H,1H3;2*1H;/q;;;;;+2/p-2. The molecule has 0 unspecified atom stereocenters. The average Bonchev–Trinajstić information content (AvgIpc) is 2.88. The molecule has 3 aromatic rings. The topological polar surface area (TPSA) is 51.2 Å². The fourth-order valence-corrected chi connectivity index (χ4v) is 2.33. The molecule has 0 atom stereocenters. The molecule has 3 nitrogen and oxygen atoms in total. The van der Waals surface area contributed by atoms with Crippen LogP contribution in [0.4, 0.5) is 0 Å². The zero-order chi connectivity index (χ0) is 27.0. The van der Waals surface area contributed by atoms with E-state index in [1.165, 1.54) is 0 Å². The summed E-state index contributed by atoms with van der Waals surface area (Å²) in [5.41, 5.74) is 3.17. The van der Waals surface area contributed by atoms with Crippen LogP contribution in [-0.4, -0.2) is 17.3 Å². The van der Waals surface area contributed by atoms with E-state index in [0.717, 1.165) is 16.7 Å². The molecular weight excluding hydrogens is 586 g/mol. The van der Waals surface area contributed by atoms with Crippen molar-refractivity contribution in [1.29, 1.82) is 0 Å². The molecule has 0 spiro atoms. The van der Waals surface area contributed by atoms with Crippen LogP contribution in [0.25, 0.3) is 18.2 Å². The monoisotopic (exact) mass is 614 g/mol. The van der Waals surface area contributed by atoms with E-state index in [2.05, 4.69) is 0 Å². The Balaban J connectivity index is 0.000000483. The van der Waals surface area contributed by atoms with Crippen molar-refractivity contribution in [2.24, 2.45) is 0 Å². The molecule has 36 heavy (non-hydrogen) atoms. The van der Waals surface area contributed by atoms with E-state index in [-0.39, 0.29) is 33.3 Å². The van der Waals surface area contributed by atoms with Crippen molar-refractivity contribution in [3.05, 3.63) is 126 Å². The molecule has 6 heteroatoms. The van der Waals surface area contributed by atoms with E-state index in [1.807, 2.05) is 109 Å². The fourth-order valence-electron chi connectivity index (χ4n) is 2.33. The van der Waals surface area contributed by atoms with Crippen LogP contribution in [0, 0.1) is 0 Å². The Kier molecular flexibility index (Phi) is 20.8. The molecule has 3 rings (SSSR count). The van der Waals surface area contributed by atoms with E-state index < -0.39 is 0 Å². The first-order valence-corrected chi connectivity index (χ1v) is 14.8. The summed E-state index contributed by atoms with van der Waals surface area (Å²) in [4.78, 5) is 31.6. The van der Waals surface area contributed by atoms with E-state index in [9.17, 15) is 14.4 Å². The van der Waals surface area contributed by atoms with Gasteiger partial charge in [-0.05, 0) is 55.7 Å². The van der Waals surface area contributed by atoms with E-state index in [4.69, 9.17) is 19.1 Å². The van der Waals surface area contributed by atoms with Crippen LogP contribution in [0.2, 0.25) is 0 Å². The SMILES string of the molecule is CC(=O)C=Cc1ccccc1.CC(=O)C=Cc1ccccc1.CC(=O)C=Cc1ccccc1.[Cl][Pd][Cl]. The van der Waals surface area contributed by atoms with Crippen molar-refractivity contribution >= 4 is 54.6 Å². The van der Waals surface area contributed by atoms with Crippen molar-refractivity contribution in [1.82, 2.24) is 0 Å². The maximum absolute atomic E-state index is 10.5. The van der Waals surface area contributed by atoms with Crippen molar-refractivity contribution in [2.75, 3.05) is 0 Å². The first kappa shape index (κ1) is 33.1. The molecule has 0 saturated heterocycles. The maximum atomic E-state index is 10.5. The Hall–Kier alpha value is -2.87. The first-order chi connectivity index (χ1) is 17.3. The van der Waals surface area contributed by atoms with Crippen molar-refractivity contribution < 1.29 is 30.3 Å². The van der Waals surface area contributed by atoms with Crippen LogP contribution in [0.15, 0.2) is 109 Å². The molecule has 0 amide bonds. The predicted octanol–water partition coefficient (Wildman–Crippen LogP) is 8.24. The van der Waals surface area contributed by atoms with Gasteiger partial charge in [-0.1, -0.05) is 109 Å². The predicted molar refractivity (Wildman–Crippen MR) is 150 cm³/mol. The molecule has 0 saturated carbocycles. The number of carbonyl (C=O) groups is 3. The number of halogens is 2. The number of carbonyl (C=O) groups excluding carboxylic acids is 3. The number of ketones is 3. The summed E-state index contributed by atoms with van der Waals surface area (Å²) in [6.45, 7) is 4.62. The van der Waals surface area contributed by atoms with Crippen LogP contribution >= 0.6 is 19.1 Å². The quantitative estimate of drug-likeness (QED) is 0.207. The van der Waals surface area contributed by atoms with Gasteiger partial charge >= 0.3 is 35.0 Å². The minimum absolute atomic E-state index is 0.0776. The molecule has 3 aromatic carbocycles. The second-order valence-electron chi connectivity index (χ2n) is 7.11. The van der Waals surface area contributed by atoms with Gasteiger partial charge in [-0.15, -0.1) is 0 Å².